The van der Waals surface area contributed by atoms with Gasteiger partial charge in [0.25, 0.3) is 0 Å². The van der Waals surface area contributed by atoms with Crippen LogP contribution in [0.1, 0.15) is 0 Å². The Kier molecular flexibility index (Phi) is 4.06. The van der Waals surface area contributed by atoms with Crippen molar-refractivity contribution < 1.29 is 37.4 Å². The van der Waals surface area contributed by atoms with Crippen LogP contribution in [0.2, 0.25) is 0 Å². The Morgan fingerprint density at radius 1 is 1.15 bits per heavy atom. The molecule has 0 radical (unpaired) electrons. The molecule has 136 valence electrons. The maximum absolute atomic E-state index is 13.0. The molecule has 0 bridgehead atoms. The number of ether oxygens (including phenoxy) is 2. The lowest BCUT2D eigenvalue weighted by atomic mass is 10.2. The van der Waals surface area contributed by atoms with E-state index in [9.17, 15) is 28.0 Å². The molecule has 1 saturated heterocycles. The van der Waals surface area contributed by atoms with Crippen molar-refractivity contribution in [2.24, 2.45) is 0 Å². The number of carbonyl (C=O) groups excluding carboxylic acids is 4. The van der Waals surface area contributed by atoms with E-state index in [0.717, 1.165) is 12.1 Å². The molecule has 5 amide bonds. The van der Waals surface area contributed by atoms with Crippen LogP contribution in [0.15, 0.2) is 30.9 Å². The maximum Gasteiger partial charge on any atom is 0.586 e. The zero-order valence-electron chi connectivity index (χ0n) is 13.0. The third kappa shape index (κ3) is 3.06. The highest BCUT2D eigenvalue weighted by atomic mass is 19.3. The minimum atomic E-state index is -3.80. The molecule has 0 saturated carbocycles. The summed E-state index contributed by atoms with van der Waals surface area (Å²) in [6.07, 6.45) is -2.54. The van der Waals surface area contributed by atoms with Crippen LogP contribution < -0.4 is 14.8 Å². The molecule has 9 nitrogen and oxygen atoms in total. The van der Waals surface area contributed by atoms with Crippen molar-refractivity contribution in [3.63, 3.8) is 0 Å². The second-order valence-corrected chi connectivity index (χ2v) is 5.26. The lowest BCUT2D eigenvalue weighted by Gasteiger charge is -2.14. The van der Waals surface area contributed by atoms with E-state index >= 15 is 0 Å². The molecule has 2 heterocycles. The van der Waals surface area contributed by atoms with Crippen molar-refractivity contribution in [1.29, 1.82) is 0 Å². The molecule has 0 aromatic heterocycles. The third-order valence-electron chi connectivity index (χ3n) is 3.43. The molecule has 26 heavy (non-hydrogen) atoms. The predicted molar refractivity (Wildman–Crippen MR) is 80.3 cm³/mol. The Hall–Kier alpha value is -3.50. The van der Waals surface area contributed by atoms with Crippen LogP contribution in [-0.2, 0) is 14.4 Å². The number of hydrogen-bond donors (Lipinski definition) is 1. The molecule has 0 aliphatic carbocycles. The average molecular weight is 367 g/mol. The van der Waals surface area contributed by atoms with Gasteiger partial charge in [0.15, 0.2) is 11.5 Å². The molecule has 2 aliphatic heterocycles. The molecule has 0 spiro atoms. The maximum atomic E-state index is 13.0. The number of imide groups is 2. The number of amides is 5. The topological polar surface area (TPSA) is 105 Å². The molecule has 1 aromatic rings. The average Bonchev–Trinajstić information content (AvgIpc) is 2.97. The first kappa shape index (κ1) is 17.3. The molecular weight excluding hydrogens is 356 g/mol. The van der Waals surface area contributed by atoms with E-state index in [-0.39, 0.29) is 23.7 Å². The zero-order valence-corrected chi connectivity index (χ0v) is 13.0. The molecule has 1 aromatic carbocycles. The van der Waals surface area contributed by atoms with Crippen molar-refractivity contribution in [1.82, 2.24) is 9.80 Å². The number of rotatable bonds is 5. The normalized spacial score (nSPS) is 17.7. The molecule has 1 N–H and O–H groups in total. The van der Waals surface area contributed by atoms with Gasteiger partial charge in [0.2, 0.25) is 5.91 Å². The van der Waals surface area contributed by atoms with E-state index in [1.807, 2.05) is 0 Å². The van der Waals surface area contributed by atoms with E-state index in [0.29, 0.717) is 9.80 Å². The van der Waals surface area contributed by atoms with Gasteiger partial charge in [-0.05, 0) is 12.1 Å². The summed E-state index contributed by atoms with van der Waals surface area (Å²) < 4.78 is 34.4. The van der Waals surface area contributed by atoms with Crippen LogP contribution >= 0.6 is 0 Å². The lowest BCUT2D eigenvalue weighted by molar-refractivity contribution is -0.286. The molecule has 0 unspecified atom stereocenters. The molecule has 3 rings (SSSR count). The second kappa shape index (κ2) is 6.10. The molecule has 0 atom stereocenters. The van der Waals surface area contributed by atoms with Crippen LogP contribution in [0.5, 0.6) is 11.5 Å². The van der Waals surface area contributed by atoms with Crippen molar-refractivity contribution in [2.45, 2.75) is 6.29 Å². The Labute approximate surface area is 144 Å². The quantitative estimate of drug-likeness (QED) is 0.471. The first-order chi connectivity index (χ1) is 12.2. The number of carbonyl (C=O) groups is 4. The summed E-state index contributed by atoms with van der Waals surface area (Å²) in [5, 5.41) is 2.31. The highest BCUT2D eigenvalue weighted by Gasteiger charge is 2.45. The van der Waals surface area contributed by atoms with Gasteiger partial charge >= 0.3 is 24.1 Å². The number of nitrogens with one attached hydrogen (secondary N) is 1. The zero-order chi connectivity index (χ0) is 19.1. The van der Waals surface area contributed by atoms with E-state index in [4.69, 9.17) is 0 Å². The number of benzene rings is 1. The number of anilines is 1. The highest BCUT2D eigenvalue weighted by molar-refractivity contribution is 6.45. The molecular formula is C15H11F2N3O6. The third-order valence-corrected chi connectivity index (χ3v) is 3.43. The summed E-state index contributed by atoms with van der Waals surface area (Å²) in [6, 6.07) is 2.58. The monoisotopic (exact) mass is 367 g/mol. The smallest absolute Gasteiger partial charge is 0.395 e. The Morgan fingerprint density at radius 3 is 2.50 bits per heavy atom. The number of fused-ring (bicyclic) bond motifs is 1. The Bertz CT molecular complexity index is 841. The van der Waals surface area contributed by atoms with Crippen molar-refractivity contribution >= 4 is 29.4 Å². The minimum absolute atomic E-state index is 0.0726. The largest absolute Gasteiger partial charge is 0.586 e. The fraction of sp³-hybridized carbons (Fsp3) is 0.200. The van der Waals surface area contributed by atoms with E-state index in [2.05, 4.69) is 21.4 Å². The van der Waals surface area contributed by atoms with Gasteiger partial charge in [-0.3, -0.25) is 19.3 Å². The van der Waals surface area contributed by atoms with Gasteiger partial charge in [0.1, 0.15) is 6.54 Å². The molecule has 11 heteroatoms. The van der Waals surface area contributed by atoms with Crippen molar-refractivity contribution in [2.75, 3.05) is 18.4 Å². The van der Waals surface area contributed by atoms with Crippen LogP contribution in [0.25, 0.3) is 0 Å². The van der Waals surface area contributed by atoms with Crippen LogP contribution in [0, 0.1) is 0 Å². The summed E-state index contributed by atoms with van der Waals surface area (Å²) >= 11 is 0. The second-order valence-electron chi connectivity index (χ2n) is 5.26. The SMILES string of the molecule is C=CCN1C(=O)C(=O)N(CC(=O)Nc2ccc3c(c2)OC(F)(F)O3)C1=O. The van der Waals surface area contributed by atoms with Gasteiger partial charge in [-0.15, -0.1) is 15.4 Å². The molecule has 1 fully saturated rings. The Morgan fingerprint density at radius 2 is 1.81 bits per heavy atom. The highest BCUT2D eigenvalue weighted by Crippen LogP contribution is 2.42. The van der Waals surface area contributed by atoms with Gasteiger partial charge in [-0.2, -0.15) is 0 Å². The van der Waals surface area contributed by atoms with Gasteiger partial charge in [0.05, 0.1) is 0 Å². The summed E-state index contributed by atoms with van der Waals surface area (Å²) in [4.78, 5) is 48.6. The van der Waals surface area contributed by atoms with E-state index in [1.165, 1.54) is 12.1 Å². The minimum Gasteiger partial charge on any atom is -0.395 e. The number of hydrogen-bond acceptors (Lipinski definition) is 6. The fourth-order valence-corrected chi connectivity index (χ4v) is 2.35. The van der Waals surface area contributed by atoms with Crippen molar-refractivity contribution in [3.8, 4) is 11.5 Å². The summed E-state index contributed by atoms with van der Waals surface area (Å²) in [6.45, 7) is 2.48. The van der Waals surface area contributed by atoms with Gasteiger partial charge in [-0.25, -0.2) is 9.69 Å². The fourth-order valence-electron chi connectivity index (χ4n) is 2.35. The Balaban J connectivity index is 1.67. The standard InChI is InChI=1S/C15H11F2N3O6/c1-2-5-19-12(22)13(23)20(14(19)24)7-11(21)18-8-3-4-9-10(6-8)26-15(16,17)25-9/h2-4,6H,1,5,7H2,(H,18,21). The number of alkyl halides is 2. The van der Waals surface area contributed by atoms with E-state index < -0.39 is 36.6 Å². The van der Waals surface area contributed by atoms with Gasteiger partial charge in [0, 0.05) is 18.3 Å². The summed E-state index contributed by atoms with van der Waals surface area (Å²) in [7, 11) is 0. The van der Waals surface area contributed by atoms with E-state index in [1.54, 1.807) is 0 Å². The predicted octanol–water partition coefficient (Wildman–Crippen LogP) is 0.923. The van der Waals surface area contributed by atoms with Crippen LogP contribution in [0.4, 0.5) is 19.3 Å². The molecule has 2 aliphatic rings. The van der Waals surface area contributed by atoms with Crippen molar-refractivity contribution in [3.05, 3.63) is 30.9 Å². The van der Waals surface area contributed by atoms with Crippen LogP contribution in [0.3, 0.4) is 0 Å². The van der Waals surface area contributed by atoms with Gasteiger partial charge < -0.3 is 14.8 Å². The number of nitrogens with zero attached hydrogens (tertiary/aromatic N) is 2. The van der Waals surface area contributed by atoms with Crippen LogP contribution in [-0.4, -0.2) is 52.9 Å². The number of halogens is 2. The van der Waals surface area contributed by atoms with Gasteiger partial charge in [-0.1, -0.05) is 6.08 Å². The lowest BCUT2D eigenvalue weighted by Crippen LogP contribution is -2.39. The summed E-state index contributed by atoms with van der Waals surface area (Å²) in [5.74, 6) is -3.51. The first-order valence-electron chi connectivity index (χ1n) is 7.20. The summed E-state index contributed by atoms with van der Waals surface area (Å²) in [5.41, 5.74) is 0.0726. The first-order valence-corrected chi connectivity index (χ1v) is 7.20. The number of urea groups is 1.